The van der Waals surface area contributed by atoms with Gasteiger partial charge in [0.1, 0.15) is 18.3 Å². The third-order valence-electron chi connectivity index (χ3n) is 4.24. The summed E-state index contributed by atoms with van der Waals surface area (Å²) in [6, 6.07) is 7.15. The molecule has 1 aromatic carbocycles. The topological polar surface area (TPSA) is 49.9 Å². The molecule has 0 saturated carbocycles. The monoisotopic (exact) mass is 330 g/mol. The van der Waals surface area contributed by atoms with E-state index in [2.05, 4.69) is 6.08 Å². The number of piperazine rings is 1. The quantitative estimate of drug-likeness (QED) is 0.753. The predicted molar refractivity (Wildman–Crippen MR) is 93.6 cm³/mol. The fourth-order valence-electron chi connectivity index (χ4n) is 2.84. The van der Waals surface area contributed by atoms with Crippen molar-refractivity contribution in [1.29, 1.82) is 0 Å². The van der Waals surface area contributed by atoms with Crippen LogP contribution in [0.15, 0.2) is 35.9 Å². The smallest absolute Gasteiger partial charge is 0.245 e. The zero-order valence-electron chi connectivity index (χ0n) is 14.9. The Hall–Kier alpha value is -2.30. The molecule has 1 aliphatic rings. The summed E-state index contributed by atoms with van der Waals surface area (Å²) in [7, 11) is 1.62. The molecule has 1 fully saturated rings. The zero-order valence-corrected chi connectivity index (χ0v) is 14.9. The van der Waals surface area contributed by atoms with Crippen LogP contribution in [0.5, 0.6) is 5.75 Å². The molecule has 1 saturated heterocycles. The number of benzene rings is 1. The first-order valence-electron chi connectivity index (χ1n) is 8.27. The molecule has 0 spiro atoms. The lowest BCUT2D eigenvalue weighted by Crippen LogP contribution is -2.58. The molecule has 1 heterocycles. The molecule has 2 amide bonds. The van der Waals surface area contributed by atoms with Gasteiger partial charge in [0.15, 0.2) is 0 Å². The number of methoxy groups -OCH3 is 1. The van der Waals surface area contributed by atoms with Gasteiger partial charge in [-0.05, 0) is 44.9 Å². The van der Waals surface area contributed by atoms with Crippen LogP contribution in [0.3, 0.4) is 0 Å². The van der Waals surface area contributed by atoms with Gasteiger partial charge in [-0.25, -0.2) is 0 Å². The lowest BCUT2D eigenvalue weighted by atomic mass is 10.1. The van der Waals surface area contributed by atoms with E-state index in [9.17, 15) is 9.59 Å². The second kappa shape index (κ2) is 7.99. The SMILES string of the molecule is COc1ccc(CN2CC(=O)N(CCC=C(C)C)[C@@H](C)C2=O)cc1. The molecule has 0 aliphatic carbocycles. The summed E-state index contributed by atoms with van der Waals surface area (Å²) in [5.74, 6) is 0.791. The molecule has 1 aliphatic heterocycles. The summed E-state index contributed by atoms with van der Waals surface area (Å²) in [5.41, 5.74) is 2.21. The first-order valence-corrected chi connectivity index (χ1v) is 8.27. The number of carbonyl (C=O) groups excluding carboxylic acids is 2. The standard InChI is InChI=1S/C19H26N2O3/c1-14(2)6-5-11-21-15(3)19(23)20(13-18(21)22)12-16-7-9-17(24-4)10-8-16/h6-10,15H,5,11-13H2,1-4H3/t15-/m0/s1. The van der Waals surface area contributed by atoms with Crippen LogP contribution in [0, 0.1) is 0 Å². The van der Waals surface area contributed by atoms with E-state index in [1.54, 1.807) is 16.9 Å². The Morgan fingerprint density at radius 2 is 1.92 bits per heavy atom. The summed E-state index contributed by atoms with van der Waals surface area (Å²) in [4.78, 5) is 28.3. The molecule has 0 unspecified atom stereocenters. The Morgan fingerprint density at radius 1 is 1.25 bits per heavy atom. The van der Waals surface area contributed by atoms with Crippen LogP contribution in [-0.4, -0.2) is 47.9 Å². The molecule has 5 nitrogen and oxygen atoms in total. The molecule has 24 heavy (non-hydrogen) atoms. The minimum Gasteiger partial charge on any atom is -0.497 e. The van der Waals surface area contributed by atoms with Gasteiger partial charge >= 0.3 is 0 Å². The van der Waals surface area contributed by atoms with Gasteiger partial charge in [0, 0.05) is 13.1 Å². The first-order chi connectivity index (χ1) is 11.4. The van der Waals surface area contributed by atoms with Gasteiger partial charge in [0.25, 0.3) is 0 Å². The average Bonchev–Trinajstić information content (AvgIpc) is 2.56. The van der Waals surface area contributed by atoms with Crippen molar-refractivity contribution in [3.05, 3.63) is 41.5 Å². The van der Waals surface area contributed by atoms with Crippen molar-refractivity contribution in [3.8, 4) is 5.75 Å². The molecule has 0 N–H and O–H groups in total. The average molecular weight is 330 g/mol. The van der Waals surface area contributed by atoms with Crippen molar-refractivity contribution in [3.63, 3.8) is 0 Å². The number of allylic oxidation sites excluding steroid dienone is 1. The highest BCUT2D eigenvalue weighted by atomic mass is 16.5. The zero-order chi connectivity index (χ0) is 17.7. The van der Waals surface area contributed by atoms with Crippen molar-refractivity contribution < 1.29 is 14.3 Å². The Bertz CT molecular complexity index is 618. The summed E-state index contributed by atoms with van der Waals surface area (Å²) in [6.07, 6.45) is 2.87. The molecule has 1 aromatic rings. The van der Waals surface area contributed by atoms with Crippen LogP contribution in [0.1, 0.15) is 32.8 Å². The maximum atomic E-state index is 12.6. The summed E-state index contributed by atoms with van der Waals surface area (Å²) in [6.45, 7) is 7.05. The van der Waals surface area contributed by atoms with Crippen LogP contribution < -0.4 is 4.74 Å². The Morgan fingerprint density at radius 3 is 2.50 bits per heavy atom. The van der Waals surface area contributed by atoms with Gasteiger partial charge < -0.3 is 14.5 Å². The molecule has 2 rings (SSSR count). The van der Waals surface area contributed by atoms with E-state index in [1.807, 2.05) is 45.0 Å². The van der Waals surface area contributed by atoms with Crippen molar-refractivity contribution in [2.45, 2.75) is 39.8 Å². The Labute approximate surface area is 143 Å². The second-order valence-corrected chi connectivity index (χ2v) is 6.38. The lowest BCUT2D eigenvalue weighted by Gasteiger charge is -2.38. The van der Waals surface area contributed by atoms with Gasteiger partial charge in [0.05, 0.1) is 7.11 Å². The van der Waals surface area contributed by atoms with E-state index in [4.69, 9.17) is 4.74 Å². The van der Waals surface area contributed by atoms with Gasteiger partial charge in [-0.3, -0.25) is 9.59 Å². The highest BCUT2D eigenvalue weighted by Crippen LogP contribution is 2.18. The largest absolute Gasteiger partial charge is 0.497 e. The second-order valence-electron chi connectivity index (χ2n) is 6.38. The fraction of sp³-hybridized carbons (Fsp3) is 0.474. The van der Waals surface area contributed by atoms with E-state index in [1.165, 1.54) is 5.57 Å². The fourth-order valence-corrected chi connectivity index (χ4v) is 2.84. The molecule has 1 atom stereocenters. The number of hydrogen-bond donors (Lipinski definition) is 0. The summed E-state index contributed by atoms with van der Waals surface area (Å²) in [5, 5.41) is 0. The van der Waals surface area contributed by atoms with E-state index >= 15 is 0 Å². The van der Waals surface area contributed by atoms with E-state index in [-0.39, 0.29) is 18.4 Å². The van der Waals surface area contributed by atoms with Gasteiger partial charge in [-0.2, -0.15) is 0 Å². The maximum Gasteiger partial charge on any atom is 0.245 e. The molecule has 0 bridgehead atoms. The minimum absolute atomic E-state index is 0.00242. The van der Waals surface area contributed by atoms with Gasteiger partial charge in [0.2, 0.25) is 11.8 Å². The van der Waals surface area contributed by atoms with Crippen LogP contribution in [-0.2, 0) is 16.1 Å². The third-order valence-corrected chi connectivity index (χ3v) is 4.24. The Balaban J connectivity index is 2.00. The predicted octanol–water partition coefficient (Wildman–Crippen LogP) is 2.61. The van der Waals surface area contributed by atoms with Crippen LogP contribution in [0.25, 0.3) is 0 Å². The first kappa shape index (κ1) is 18.0. The lowest BCUT2D eigenvalue weighted by molar-refractivity contribution is -0.155. The number of ether oxygens (including phenoxy) is 1. The van der Waals surface area contributed by atoms with Crippen LogP contribution in [0.2, 0.25) is 0 Å². The number of nitrogens with zero attached hydrogens (tertiary/aromatic N) is 2. The maximum absolute atomic E-state index is 12.6. The molecule has 0 radical (unpaired) electrons. The van der Waals surface area contributed by atoms with Gasteiger partial charge in [-0.15, -0.1) is 0 Å². The number of rotatable bonds is 6. The molecular weight excluding hydrogens is 304 g/mol. The normalized spacial score (nSPS) is 17.9. The molecule has 0 aromatic heterocycles. The molecule has 5 heteroatoms. The number of hydrogen-bond acceptors (Lipinski definition) is 3. The van der Waals surface area contributed by atoms with Crippen molar-refractivity contribution >= 4 is 11.8 Å². The van der Waals surface area contributed by atoms with E-state index in [0.717, 1.165) is 17.7 Å². The summed E-state index contributed by atoms with van der Waals surface area (Å²) < 4.78 is 5.14. The number of amides is 2. The van der Waals surface area contributed by atoms with Crippen molar-refractivity contribution in [1.82, 2.24) is 9.80 Å². The minimum atomic E-state index is -0.407. The number of carbonyl (C=O) groups is 2. The van der Waals surface area contributed by atoms with Crippen LogP contribution >= 0.6 is 0 Å². The Kier molecular flexibility index (Phi) is 6.01. The summed E-state index contributed by atoms with van der Waals surface area (Å²) >= 11 is 0. The highest BCUT2D eigenvalue weighted by Gasteiger charge is 2.35. The van der Waals surface area contributed by atoms with E-state index in [0.29, 0.717) is 13.1 Å². The van der Waals surface area contributed by atoms with E-state index < -0.39 is 6.04 Å². The third kappa shape index (κ3) is 4.37. The molecule has 130 valence electrons. The highest BCUT2D eigenvalue weighted by molar-refractivity contribution is 5.94. The van der Waals surface area contributed by atoms with Crippen LogP contribution in [0.4, 0.5) is 0 Å². The molecular formula is C19H26N2O3. The van der Waals surface area contributed by atoms with Crippen molar-refractivity contribution in [2.75, 3.05) is 20.2 Å². The van der Waals surface area contributed by atoms with Crippen molar-refractivity contribution in [2.24, 2.45) is 0 Å². The van der Waals surface area contributed by atoms with Gasteiger partial charge in [-0.1, -0.05) is 23.8 Å².